The van der Waals surface area contributed by atoms with Gasteiger partial charge < -0.3 is 14.7 Å². The number of carbonyl (C=O) groups is 2. The Bertz CT molecular complexity index is 749. The van der Waals surface area contributed by atoms with Gasteiger partial charge in [0.2, 0.25) is 0 Å². The molecule has 0 radical (unpaired) electrons. The highest BCUT2D eigenvalue weighted by molar-refractivity contribution is 7.91. The van der Waals surface area contributed by atoms with Gasteiger partial charge in [0.05, 0.1) is 5.75 Å². The van der Waals surface area contributed by atoms with Gasteiger partial charge in [-0.15, -0.1) is 0 Å². The Kier molecular flexibility index (Phi) is 7.62. The van der Waals surface area contributed by atoms with Gasteiger partial charge >= 0.3 is 5.97 Å². The van der Waals surface area contributed by atoms with Gasteiger partial charge in [0.1, 0.15) is 5.75 Å². The van der Waals surface area contributed by atoms with E-state index in [1.165, 1.54) is 4.90 Å². The first kappa shape index (κ1) is 22.0. The Morgan fingerprint density at radius 2 is 1.73 bits per heavy atom. The first-order chi connectivity index (χ1) is 12.0. The van der Waals surface area contributed by atoms with Crippen molar-refractivity contribution in [1.29, 1.82) is 0 Å². The van der Waals surface area contributed by atoms with E-state index in [9.17, 15) is 18.0 Å². The minimum atomic E-state index is -3.20. The minimum Gasteiger partial charge on any atom is -0.481 e. The van der Waals surface area contributed by atoms with Crippen molar-refractivity contribution in [3.8, 4) is 5.75 Å². The first-order valence-electron chi connectivity index (χ1n) is 8.49. The van der Waals surface area contributed by atoms with Crippen molar-refractivity contribution in [1.82, 2.24) is 4.90 Å². The van der Waals surface area contributed by atoms with Gasteiger partial charge in [0, 0.05) is 23.9 Å². The lowest BCUT2D eigenvalue weighted by Crippen LogP contribution is -2.42. The lowest BCUT2D eigenvalue weighted by Gasteiger charge is -2.28. The molecule has 0 aliphatic rings. The van der Waals surface area contributed by atoms with E-state index in [4.69, 9.17) is 9.84 Å². The zero-order valence-corrected chi connectivity index (χ0v) is 16.7. The number of benzene rings is 1. The number of carboxylic acid groups (broad SMARTS) is 1. The van der Waals surface area contributed by atoms with Crippen LogP contribution in [0.4, 0.5) is 0 Å². The number of aliphatic carboxylic acids is 1. The number of nitrogens with zero attached hydrogens (tertiary/aromatic N) is 1. The average molecular weight is 385 g/mol. The van der Waals surface area contributed by atoms with Crippen molar-refractivity contribution in [2.45, 2.75) is 40.7 Å². The summed E-state index contributed by atoms with van der Waals surface area (Å²) in [5.74, 6) is -0.944. The number of aryl methyl sites for hydroxylation is 2. The number of ether oxygens (including phenoxy) is 1. The largest absolute Gasteiger partial charge is 0.481 e. The summed E-state index contributed by atoms with van der Waals surface area (Å²) >= 11 is 0. The molecule has 1 unspecified atom stereocenters. The molecule has 8 heteroatoms. The standard InChI is InChI=1S/C18H27NO6S/c1-6-19(14(5)11-26(23,24)7-2)18(22)15-8-12(3)17(13(4)9-15)25-10-16(20)21/h8-9,14H,6-7,10-11H2,1-5H3,(H,20,21). The number of carboxylic acids is 1. The summed E-state index contributed by atoms with van der Waals surface area (Å²) in [6.45, 7) is 8.51. The Morgan fingerprint density at radius 1 is 1.19 bits per heavy atom. The van der Waals surface area contributed by atoms with E-state index in [0.717, 1.165) is 0 Å². The molecule has 146 valence electrons. The number of rotatable bonds is 9. The second kappa shape index (κ2) is 9.02. The number of amides is 1. The highest BCUT2D eigenvalue weighted by Gasteiger charge is 2.25. The normalized spacial score (nSPS) is 12.5. The third kappa shape index (κ3) is 5.72. The molecule has 1 rings (SSSR count). The summed E-state index contributed by atoms with van der Waals surface area (Å²) in [5, 5.41) is 8.74. The fourth-order valence-corrected chi connectivity index (χ4v) is 3.98. The van der Waals surface area contributed by atoms with E-state index in [1.807, 2.05) is 0 Å². The lowest BCUT2D eigenvalue weighted by molar-refractivity contribution is -0.139. The SMILES string of the molecule is CCN(C(=O)c1cc(C)c(OCC(=O)O)c(C)c1)C(C)CS(=O)(=O)CC. The summed E-state index contributed by atoms with van der Waals surface area (Å²) in [6, 6.07) is 2.83. The molecule has 7 nitrogen and oxygen atoms in total. The summed E-state index contributed by atoms with van der Waals surface area (Å²) < 4.78 is 29.0. The third-order valence-corrected chi connectivity index (χ3v) is 5.99. The molecule has 1 aromatic carbocycles. The van der Waals surface area contributed by atoms with E-state index < -0.39 is 28.5 Å². The smallest absolute Gasteiger partial charge is 0.341 e. The Morgan fingerprint density at radius 3 is 2.15 bits per heavy atom. The lowest BCUT2D eigenvalue weighted by atomic mass is 10.0. The molecule has 1 aromatic rings. The first-order valence-corrected chi connectivity index (χ1v) is 10.3. The van der Waals surface area contributed by atoms with Crippen LogP contribution in [0.3, 0.4) is 0 Å². The van der Waals surface area contributed by atoms with Gasteiger partial charge in [-0.25, -0.2) is 13.2 Å². The van der Waals surface area contributed by atoms with Gasteiger partial charge in [-0.3, -0.25) is 4.79 Å². The molecule has 0 saturated carbocycles. The van der Waals surface area contributed by atoms with Crippen molar-refractivity contribution in [3.05, 3.63) is 28.8 Å². The van der Waals surface area contributed by atoms with Crippen LogP contribution in [-0.4, -0.2) is 61.0 Å². The molecular weight excluding hydrogens is 358 g/mol. The molecule has 0 bridgehead atoms. The van der Waals surface area contributed by atoms with Gasteiger partial charge in [0.25, 0.3) is 5.91 Å². The summed E-state index contributed by atoms with van der Waals surface area (Å²) in [6.07, 6.45) is 0. The van der Waals surface area contributed by atoms with Crippen molar-refractivity contribution < 1.29 is 27.9 Å². The van der Waals surface area contributed by atoms with Crippen molar-refractivity contribution >= 4 is 21.7 Å². The number of carbonyl (C=O) groups excluding carboxylic acids is 1. The molecule has 0 aliphatic heterocycles. The monoisotopic (exact) mass is 385 g/mol. The maximum Gasteiger partial charge on any atom is 0.341 e. The number of hydrogen-bond acceptors (Lipinski definition) is 5. The van der Waals surface area contributed by atoms with Crippen LogP contribution in [0.25, 0.3) is 0 Å². The van der Waals surface area contributed by atoms with E-state index in [0.29, 0.717) is 29.0 Å². The van der Waals surface area contributed by atoms with E-state index in [1.54, 1.807) is 46.8 Å². The van der Waals surface area contributed by atoms with Crippen LogP contribution < -0.4 is 4.74 Å². The Balaban J connectivity index is 3.08. The van der Waals surface area contributed by atoms with Crippen LogP contribution in [0.15, 0.2) is 12.1 Å². The molecule has 1 amide bonds. The fraction of sp³-hybridized carbons (Fsp3) is 0.556. The Hall–Kier alpha value is -2.09. The molecule has 0 saturated heterocycles. The summed E-state index contributed by atoms with van der Waals surface area (Å²) in [4.78, 5) is 25.1. The molecular formula is C18H27NO6S. The maximum atomic E-state index is 12.9. The second-order valence-corrected chi connectivity index (χ2v) is 8.66. The van der Waals surface area contributed by atoms with Gasteiger partial charge in [0.15, 0.2) is 16.4 Å². The fourth-order valence-electron chi connectivity index (χ4n) is 2.83. The highest BCUT2D eigenvalue weighted by Crippen LogP contribution is 2.26. The molecule has 1 atom stereocenters. The topological polar surface area (TPSA) is 101 Å². The predicted octanol–water partition coefficient (Wildman–Crippen LogP) is 2.05. The van der Waals surface area contributed by atoms with Gasteiger partial charge in [-0.05, 0) is 51.0 Å². The zero-order valence-electron chi connectivity index (χ0n) is 15.9. The Labute approximate surface area is 154 Å². The number of hydrogen-bond donors (Lipinski definition) is 1. The minimum absolute atomic E-state index is 0.0386. The molecule has 0 heterocycles. The molecule has 0 fully saturated rings. The van der Waals surface area contributed by atoms with Crippen molar-refractivity contribution in [2.75, 3.05) is 24.7 Å². The van der Waals surface area contributed by atoms with Crippen LogP contribution in [0.1, 0.15) is 42.3 Å². The molecule has 0 aromatic heterocycles. The van der Waals surface area contributed by atoms with E-state index >= 15 is 0 Å². The predicted molar refractivity (Wildman–Crippen MR) is 99.5 cm³/mol. The summed E-state index contributed by atoms with van der Waals surface area (Å²) in [7, 11) is -3.20. The summed E-state index contributed by atoms with van der Waals surface area (Å²) in [5.41, 5.74) is 1.73. The quantitative estimate of drug-likeness (QED) is 0.698. The highest BCUT2D eigenvalue weighted by atomic mass is 32.2. The van der Waals surface area contributed by atoms with E-state index in [-0.39, 0.29) is 17.4 Å². The van der Waals surface area contributed by atoms with E-state index in [2.05, 4.69) is 0 Å². The van der Waals surface area contributed by atoms with Crippen LogP contribution in [-0.2, 0) is 14.6 Å². The van der Waals surface area contributed by atoms with Crippen molar-refractivity contribution in [3.63, 3.8) is 0 Å². The maximum absolute atomic E-state index is 12.9. The third-order valence-electron chi connectivity index (χ3n) is 4.12. The second-order valence-electron chi connectivity index (χ2n) is 6.26. The zero-order chi connectivity index (χ0) is 20.1. The van der Waals surface area contributed by atoms with Crippen LogP contribution in [0, 0.1) is 13.8 Å². The average Bonchev–Trinajstić information content (AvgIpc) is 2.53. The molecule has 0 spiro atoms. The van der Waals surface area contributed by atoms with Gasteiger partial charge in [-0.2, -0.15) is 0 Å². The van der Waals surface area contributed by atoms with Crippen LogP contribution in [0.2, 0.25) is 0 Å². The van der Waals surface area contributed by atoms with Gasteiger partial charge in [-0.1, -0.05) is 6.92 Å². The van der Waals surface area contributed by atoms with Crippen molar-refractivity contribution in [2.24, 2.45) is 0 Å². The molecule has 0 aliphatic carbocycles. The van der Waals surface area contributed by atoms with Crippen LogP contribution in [0.5, 0.6) is 5.75 Å². The number of sulfone groups is 1. The molecule has 1 N–H and O–H groups in total. The van der Waals surface area contributed by atoms with Crippen LogP contribution >= 0.6 is 0 Å². The molecule has 26 heavy (non-hydrogen) atoms.